The van der Waals surface area contributed by atoms with Gasteiger partial charge in [-0.1, -0.05) is 38.1 Å². The Labute approximate surface area is 157 Å². The van der Waals surface area contributed by atoms with Crippen LogP contribution in [0.5, 0.6) is 0 Å². The van der Waals surface area contributed by atoms with E-state index in [0.717, 1.165) is 18.4 Å². The van der Waals surface area contributed by atoms with Gasteiger partial charge in [0.05, 0.1) is 0 Å². The number of benzene rings is 1. The molecule has 1 aliphatic rings. The first-order valence-electron chi connectivity index (χ1n) is 9.51. The first-order chi connectivity index (χ1) is 12.2. The molecule has 0 atom stereocenters. The zero-order chi connectivity index (χ0) is 19.3. The molecular weight excluding hydrogens is 328 g/mol. The number of alkyl carbamates (subject to hydrolysis) is 1. The van der Waals surface area contributed by atoms with E-state index in [0.29, 0.717) is 31.5 Å². The molecule has 26 heavy (non-hydrogen) atoms. The van der Waals surface area contributed by atoms with Gasteiger partial charge in [0.25, 0.3) is 0 Å². The minimum Gasteiger partial charge on any atom is -0.444 e. The molecule has 1 aliphatic carbocycles. The van der Waals surface area contributed by atoms with Crippen molar-refractivity contribution in [3.63, 3.8) is 0 Å². The molecule has 0 heterocycles. The number of nitrogens with zero attached hydrogens (tertiary/aromatic N) is 1. The van der Waals surface area contributed by atoms with E-state index in [1.807, 2.05) is 25.7 Å². The monoisotopic (exact) mass is 360 g/mol. The first kappa shape index (κ1) is 20.3. The third kappa shape index (κ3) is 6.70. The average molecular weight is 360 g/mol. The quantitative estimate of drug-likeness (QED) is 0.792. The van der Waals surface area contributed by atoms with Gasteiger partial charge in [0, 0.05) is 25.6 Å². The van der Waals surface area contributed by atoms with Gasteiger partial charge >= 0.3 is 6.09 Å². The summed E-state index contributed by atoms with van der Waals surface area (Å²) in [7, 11) is 0. The van der Waals surface area contributed by atoms with E-state index in [4.69, 9.17) is 4.74 Å². The third-order valence-corrected chi connectivity index (χ3v) is 4.31. The van der Waals surface area contributed by atoms with Crippen LogP contribution >= 0.6 is 0 Å². The van der Waals surface area contributed by atoms with Crippen LogP contribution in [0, 0.1) is 0 Å². The summed E-state index contributed by atoms with van der Waals surface area (Å²) in [6.07, 6.45) is 1.94. The summed E-state index contributed by atoms with van der Waals surface area (Å²) < 4.78 is 5.19. The summed E-state index contributed by atoms with van der Waals surface area (Å²) in [5.41, 5.74) is 1.92. The molecule has 144 valence electrons. The minimum atomic E-state index is -0.531. The van der Waals surface area contributed by atoms with Gasteiger partial charge in [-0.3, -0.25) is 4.79 Å². The molecule has 1 N–H and O–H groups in total. The van der Waals surface area contributed by atoms with Gasteiger partial charge in [0.15, 0.2) is 0 Å². The van der Waals surface area contributed by atoms with E-state index < -0.39 is 11.7 Å². The number of amides is 2. The normalized spacial score (nSPS) is 14.2. The zero-order valence-electron chi connectivity index (χ0n) is 16.7. The Kier molecular flexibility index (Phi) is 6.68. The first-order valence-corrected chi connectivity index (χ1v) is 9.51. The highest BCUT2D eigenvalue weighted by atomic mass is 16.6. The van der Waals surface area contributed by atoms with Gasteiger partial charge in [0.2, 0.25) is 5.91 Å². The van der Waals surface area contributed by atoms with E-state index >= 15 is 0 Å². The molecule has 0 radical (unpaired) electrons. The largest absolute Gasteiger partial charge is 0.444 e. The number of rotatable bonds is 7. The molecule has 5 nitrogen and oxygen atoms in total. The van der Waals surface area contributed by atoms with E-state index in [9.17, 15) is 9.59 Å². The van der Waals surface area contributed by atoms with Crippen molar-refractivity contribution in [2.75, 3.05) is 6.54 Å². The van der Waals surface area contributed by atoms with Crippen molar-refractivity contribution in [3.8, 4) is 0 Å². The van der Waals surface area contributed by atoms with Gasteiger partial charge < -0.3 is 15.0 Å². The number of ether oxygens (including phenoxy) is 1. The topological polar surface area (TPSA) is 58.6 Å². The second kappa shape index (κ2) is 8.56. The van der Waals surface area contributed by atoms with Crippen molar-refractivity contribution in [1.82, 2.24) is 10.2 Å². The van der Waals surface area contributed by atoms with Crippen LogP contribution in [0.15, 0.2) is 24.3 Å². The maximum absolute atomic E-state index is 12.6. The molecule has 0 saturated heterocycles. The fraction of sp³-hybridized carbons (Fsp3) is 0.619. The molecule has 1 aromatic carbocycles. The summed E-state index contributed by atoms with van der Waals surface area (Å²) in [6.45, 7) is 10.7. The Morgan fingerprint density at radius 1 is 1.19 bits per heavy atom. The number of carbonyl (C=O) groups is 2. The summed E-state index contributed by atoms with van der Waals surface area (Å²) in [6, 6.07) is 8.83. The van der Waals surface area contributed by atoms with Gasteiger partial charge in [-0.05, 0) is 50.7 Å². The lowest BCUT2D eigenvalue weighted by atomic mass is 10.0. The molecular formula is C21H32N2O3. The van der Waals surface area contributed by atoms with E-state index in [-0.39, 0.29) is 5.91 Å². The molecule has 2 amide bonds. The number of hydrogen-bond acceptors (Lipinski definition) is 3. The Morgan fingerprint density at radius 3 is 2.31 bits per heavy atom. The lowest BCUT2D eigenvalue weighted by Crippen LogP contribution is -2.37. The Hall–Kier alpha value is -2.04. The van der Waals surface area contributed by atoms with Crippen LogP contribution in [-0.2, 0) is 16.1 Å². The molecule has 0 aliphatic heterocycles. The molecule has 1 aromatic rings. The average Bonchev–Trinajstić information content (AvgIpc) is 3.35. The second-order valence-corrected chi connectivity index (χ2v) is 8.33. The molecule has 5 heteroatoms. The molecule has 0 bridgehead atoms. The van der Waals surface area contributed by atoms with Gasteiger partial charge in [-0.25, -0.2) is 4.79 Å². The lowest BCUT2D eigenvalue weighted by Gasteiger charge is -2.23. The highest BCUT2D eigenvalue weighted by Gasteiger charge is 2.32. The van der Waals surface area contributed by atoms with Crippen molar-refractivity contribution >= 4 is 12.0 Å². The minimum absolute atomic E-state index is 0.0801. The Bertz CT molecular complexity index is 613. The number of hydrogen-bond donors (Lipinski definition) is 1. The SMILES string of the molecule is CC(C)c1ccc(CN(C(=O)CCNC(=O)OC(C)(C)C)C2CC2)cc1. The molecule has 0 aromatic heterocycles. The van der Waals surface area contributed by atoms with Crippen LogP contribution in [0.25, 0.3) is 0 Å². The maximum atomic E-state index is 12.6. The van der Waals surface area contributed by atoms with Crippen molar-refractivity contribution in [2.45, 2.75) is 78.0 Å². The van der Waals surface area contributed by atoms with Crippen LogP contribution in [0.4, 0.5) is 4.79 Å². The molecule has 0 unspecified atom stereocenters. The maximum Gasteiger partial charge on any atom is 0.407 e. The highest BCUT2D eigenvalue weighted by molar-refractivity contribution is 5.78. The van der Waals surface area contributed by atoms with Crippen molar-refractivity contribution in [3.05, 3.63) is 35.4 Å². The van der Waals surface area contributed by atoms with Crippen molar-refractivity contribution in [2.24, 2.45) is 0 Å². The molecule has 1 fully saturated rings. The molecule has 1 saturated carbocycles. The Balaban J connectivity index is 1.85. The zero-order valence-corrected chi connectivity index (χ0v) is 16.7. The van der Waals surface area contributed by atoms with Crippen molar-refractivity contribution in [1.29, 1.82) is 0 Å². The van der Waals surface area contributed by atoms with Gasteiger partial charge in [0.1, 0.15) is 5.60 Å². The molecule has 2 rings (SSSR count). The van der Waals surface area contributed by atoms with Gasteiger partial charge in [-0.15, -0.1) is 0 Å². The van der Waals surface area contributed by atoms with Crippen LogP contribution in [-0.4, -0.2) is 35.1 Å². The summed E-state index contributed by atoms with van der Waals surface area (Å²) in [5.74, 6) is 0.584. The lowest BCUT2D eigenvalue weighted by molar-refractivity contribution is -0.132. The van der Waals surface area contributed by atoms with Crippen LogP contribution in [0.2, 0.25) is 0 Å². The van der Waals surface area contributed by atoms with Crippen LogP contribution < -0.4 is 5.32 Å². The molecule has 0 spiro atoms. The number of nitrogens with one attached hydrogen (secondary N) is 1. The highest BCUT2D eigenvalue weighted by Crippen LogP contribution is 2.29. The summed E-state index contributed by atoms with van der Waals surface area (Å²) in [5, 5.41) is 2.66. The van der Waals surface area contributed by atoms with E-state index in [1.165, 1.54) is 5.56 Å². The smallest absolute Gasteiger partial charge is 0.407 e. The third-order valence-electron chi connectivity index (χ3n) is 4.31. The predicted octanol–water partition coefficient (Wildman–Crippen LogP) is 4.22. The van der Waals surface area contributed by atoms with Gasteiger partial charge in [-0.2, -0.15) is 0 Å². The Morgan fingerprint density at radius 2 is 1.81 bits per heavy atom. The standard InChI is InChI=1S/C21H32N2O3/c1-15(2)17-8-6-16(7-9-17)14-23(18-10-11-18)19(24)12-13-22-20(25)26-21(3,4)5/h6-9,15,18H,10-14H2,1-5H3,(H,22,25). The predicted molar refractivity (Wildman–Crippen MR) is 103 cm³/mol. The number of carbonyl (C=O) groups excluding carboxylic acids is 2. The van der Waals surface area contributed by atoms with Crippen LogP contribution in [0.3, 0.4) is 0 Å². The summed E-state index contributed by atoms with van der Waals surface area (Å²) >= 11 is 0. The second-order valence-electron chi connectivity index (χ2n) is 8.33. The van der Waals surface area contributed by atoms with Crippen LogP contribution in [0.1, 0.15) is 70.9 Å². The van der Waals surface area contributed by atoms with E-state index in [2.05, 4.69) is 43.4 Å². The fourth-order valence-corrected chi connectivity index (χ4v) is 2.74. The van der Waals surface area contributed by atoms with Crippen molar-refractivity contribution < 1.29 is 14.3 Å². The fourth-order valence-electron chi connectivity index (χ4n) is 2.74. The summed E-state index contributed by atoms with van der Waals surface area (Å²) in [4.78, 5) is 26.2. The van der Waals surface area contributed by atoms with E-state index in [1.54, 1.807) is 0 Å².